The summed E-state index contributed by atoms with van der Waals surface area (Å²) < 4.78 is 7.56. The Morgan fingerprint density at radius 1 is 1.19 bits per heavy atom. The third-order valence-corrected chi connectivity index (χ3v) is 4.28. The van der Waals surface area contributed by atoms with Crippen LogP contribution < -0.4 is 10.1 Å². The van der Waals surface area contributed by atoms with E-state index < -0.39 is 0 Å². The molecule has 0 saturated heterocycles. The van der Waals surface area contributed by atoms with Crippen LogP contribution in [0.1, 0.15) is 21.7 Å². The number of carbonyl (C=O) groups is 1. The highest BCUT2D eigenvalue weighted by molar-refractivity contribution is 6.30. The fourth-order valence-electron chi connectivity index (χ4n) is 2.79. The molecule has 0 aliphatic carbocycles. The van der Waals surface area contributed by atoms with E-state index in [-0.39, 0.29) is 5.91 Å². The number of amides is 1. The van der Waals surface area contributed by atoms with E-state index in [4.69, 9.17) is 16.3 Å². The average molecular weight is 370 g/mol. The molecule has 0 fully saturated rings. The molecule has 0 aliphatic heterocycles. The molecule has 0 unspecified atom stereocenters. The summed E-state index contributed by atoms with van der Waals surface area (Å²) in [6.45, 7) is 4.67. The zero-order chi connectivity index (χ0) is 18.5. The van der Waals surface area contributed by atoms with E-state index in [1.54, 1.807) is 30.5 Å². The van der Waals surface area contributed by atoms with Crippen molar-refractivity contribution in [3.63, 3.8) is 0 Å². The SMILES string of the molecule is Cc1cc(C(=O)NCCOc2ccc(Cl)cc2)c(C)n1-c1ccccn1. The van der Waals surface area contributed by atoms with Gasteiger partial charge in [-0.05, 0) is 56.3 Å². The highest BCUT2D eigenvalue weighted by atomic mass is 35.5. The highest BCUT2D eigenvalue weighted by Gasteiger charge is 2.16. The summed E-state index contributed by atoms with van der Waals surface area (Å²) in [6.07, 6.45) is 1.74. The number of pyridine rings is 1. The standard InChI is InChI=1S/C20H20ClN3O2/c1-14-13-18(15(2)24(14)19-5-3-4-10-22-19)20(25)23-11-12-26-17-8-6-16(21)7-9-17/h3-10,13H,11-12H2,1-2H3,(H,23,25). The summed E-state index contributed by atoms with van der Waals surface area (Å²) in [6, 6.07) is 14.7. The monoisotopic (exact) mass is 369 g/mol. The molecule has 6 heteroatoms. The quantitative estimate of drug-likeness (QED) is 0.669. The maximum absolute atomic E-state index is 12.5. The first-order valence-corrected chi connectivity index (χ1v) is 8.71. The molecule has 1 aromatic carbocycles. The Balaban J connectivity index is 1.61. The molecule has 0 atom stereocenters. The topological polar surface area (TPSA) is 56.1 Å². The molecule has 0 aliphatic rings. The van der Waals surface area contributed by atoms with Crippen LogP contribution in [0, 0.1) is 13.8 Å². The summed E-state index contributed by atoms with van der Waals surface area (Å²) in [5, 5.41) is 3.55. The molecule has 2 aromatic heterocycles. The van der Waals surface area contributed by atoms with Crippen molar-refractivity contribution in [2.45, 2.75) is 13.8 Å². The van der Waals surface area contributed by atoms with E-state index in [9.17, 15) is 4.79 Å². The van der Waals surface area contributed by atoms with Gasteiger partial charge in [-0.25, -0.2) is 4.98 Å². The van der Waals surface area contributed by atoms with E-state index in [0.29, 0.717) is 23.7 Å². The van der Waals surface area contributed by atoms with E-state index in [2.05, 4.69) is 10.3 Å². The number of nitrogens with one attached hydrogen (secondary N) is 1. The van der Waals surface area contributed by atoms with Gasteiger partial charge in [0.1, 0.15) is 18.2 Å². The van der Waals surface area contributed by atoms with Crippen LogP contribution in [0.5, 0.6) is 5.75 Å². The summed E-state index contributed by atoms with van der Waals surface area (Å²) in [5.74, 6) is 1.39. The average Bonchev–Trinajstić information content (AvgIpc) is 2.95. The van der Waals surface area contributed by atoms with Crippen molar-refractivity contribution in [2.75, 3.05) is 13.2 Å². The van der Waals surface area contributed by atoms with E-state index in [1.165, 1.54) is 0 Å². The van der Waals surface area contributed by atoms with Crippen molar-refractivity contribution < 1.29 is 9.53 Å². The van der Waals surface area contributed by atoms with Crippen LogP contribution in [-0.2, 0) is 0 Å². The Hall–Kier alpha value is -2.79. The second-order valence-corrected chi connectivity index (χ2v) is 6.30. The fraction of sp³-hybridized carbons (Fsp3) is 0.200. The number of aryl methyl sites for hydroxylation is 1. The molecule has 1 amide bonds. The van der Waals surface area contributed by atoms with Gasteiger partial charge in [-0.2, -0.15) is 0 Å². The normalized spacial score (nSPS) is 10.6. The van der Waals surface area contributed by atoms with Crippen molar-refractivity contribution in [1.82, 2.24) is 14.9 Å². The first-order valence-electron chi connectivity index (χ1n) is 8.33. The van der Waals surface area contributed by atoms with Crippen LogP contribution in [0.3, 0.4) is 0 Å². The number of carbonyl (C=O) groups excluding carboxylic acids is 1. The molecule has 0 bridgehead atoms. The lowest BCUT2D eigenvalue weighted by Crippen LogP contribution is -2.28. The Bertz CT molecular complexity index is 889. The Morgan fingerprint density at radius 3 is 2.65 bits per heavy atom. The van der Waals surface area contributed by atoms with E-state index >= 15 is 0 Å². The van der Waals surface area contributed by atoms with Crippen molar-refractivity contribution in [1.29, 1.82) is 0 Å². The van der Waals surface area contributed by atoms with Gasteiger partial charge < -0.3 is 14.6 Å². The Kier molecular flexibility index (Phi) is 5.58. The van der Waals surface area contributed by atoms with Crippen LogP contribution in [0.4, 0.5) is 0 Å². The van der Waals surface area contributed by atoms with Gasteiger partial charge in [0, 0.05) is 22.6 Å². The van der Waals surface area contributed by atoms with Gasteiger partial charge in [0.15, 0.2) is 0 Å². The Morgan fingerprint density at radius 2 is 1.96 bits per heavy atom. The lowest BCUT2D eigenvalue weighted by atomic mass is 10.2. The van der Waals surface area contributed by atoms with Crippen LogP contribution in [-0.4, -0.2) is 28.6 Å². The highest BCUT2D eigenvalue weighted by Crippen LogP contribution is 2.19. The number of rotatable bonds is 6. The molecule has 1 N–H and O–H groups in total. The van der Waals surface area contributed by atoms with Crippen LogP contribution in [0.25, 0.3) is 5.82 Å². The number of ether oxygens (including phenoxy) is 1. The number of hydrogen-bond donors (Lipinski definition) is 1. The van der Waals surface area contributed by atoms with Crippen molar-refractivity contribution in [3.05, 3.63) is 76.7 Å². The van der Waals surface area contributed by atoms with E-state index in [1.807, 2.05) is 42.7 Å². The minimum Gasteiger partial charge on any atom is -0.492 e. The van der Waals surface area contributed by atoms with Crippen LogP contribution >= 0.6 is 11.6 Å². The lowest BCUT2D eigenvalue weighted by Gasteiger charge is -2.09. The first-order chi connectivity index (χ1) is 12.6. The number of hydrogen-bond acceptors (Lipinski definition) is 3. The third kappa shape index (κ3) is 4.06. The number of benzene rings is 1. The molecule has 26 heavy (non-hydrogen) atoms. The summed E-state index contributed by atoms with van der Waals surface area (Å²) in [4.78, 5) is 16.9. The maximum atomic E-state index is 12.5. The van der Waals surface area contributed by atoms with Crippen molar-refractivity contribution in [2.24, 2.45) is 0 Å². The summed E-state index contributed by atoms with van der Waals surface area (Å²) >= 11 is 5.84. The third-order valence-electron chi connectivity index (χ3n) is 4.02. The zero-order valence-electron chi connectivity index (χ0n) is 14.7. The minimum atomic E-state index is -0.125. The van der Waals surface area contributed by atoms with Crippen molar-refractivity contribution >= 4 is 17.5 Å². The molecule has 134 valence electrons. The smallest absolute Gasteiger partial charge is 0.253 e. The molecule has 3 aromatic rings. The molecule has 0 saturated carbocycles. The van der Waals surface area contributed by atoms with Crippen molar-refractivity contribution in [3.8, 4) is 11.6 Å². The molecular formula is C20H20ClN3O2. The van der Waals surface area contributed by atoms with Gasteiger partial charge in [-0.15, -0.1) is 0 Å². The predicted molar refractivity (Wildman–Crippen MR) is 102 cm³/mol. The van der Waals surface area contributed by atoms with Crippen LogP contribution in [0.2, 0.25) is 5.02 Å². The largest absolute Gasteiger partial charge is 0.492 e. The maximum Gasteiger partial charge on any atom is 0.253 e. The summed E-state index contributed by atoms with van der Waals surface area (Å²) in [7, 11) is 0. The van der Waals surface area contributed by atoms with Gasteiger partial charge in [0.2, 0.25) is 0 Å². The second kappa shape index (κ2) is 8.06. The number of aromatic nitrogens is 2. The molecule has 3 rings (SSSR count). The first kappa shape index (κ1) is 18.0. The van der Waals surface area contributed by atoms with Gasteiger partial charge in [-0.1, -0.05) is 17.7 Å². The minimum absolute atomic E-state index is 0.125. The molecule has 5 nitrogen and oxygen atoms in total. The predicted octanol–water partition coefficient (Wildman–Crippen LogP) is 3.95. The number of halogens is 1. The molecular weight excluding hydrogens is 350 g/mol. The molecule has 0 spiro atoms. The van der Waals surface area contributed by atoms with Crippen LogP contribution in [0.15, 0.2) is 54.7 Å². The molecule has 2 heterocycles. The molecule has 0 radical (unpaired) electrons. The zero-order valence-corrected chi connectivity index (χ0v) is 15.5. The van der Waals surface area contributed by atoms with Gasteiger partial charge in [0.05, 0.1) is 12.1 Å². The number of nitrogens with zero attached hydrogens (tertiary/aromatic N) is 2. The summed E-state index contributed by atoms with van der Waals surface area (Å²) in [5.41, 5.74) is 2.46. The fourth-order valence-corrected chi connectivity index (χ4v) is 2.92. The van der Waals surface area contributed by atoms with Gasteiger partial charge in [0.25, 0.3) is 5.91 Å². The Labute approximate surface area is 157 Å². The lowest BCUT2D eigenvalue weighted by molar-refractivity contribution is 0.0946. The van der Waals surface area contributed by atoms with E-state index in [0.717, 1.165) is 23.0 Å². The van der Waals surface area contributed by atoms with Gasteiger partial charge >= 0.3 is 0 Å². The van der Waals surface area contributed by atoms with Gasteiger partial charge in [-0.3, -0.25) is 4.79 Å². The second-order valence-electron chi connectivity index (χ2n) is 5.87.